The van der Waals surface area contributed by atoms with Crippen LogP contribution in [-0.4, -0.2) is 0 Å². The highest BCUT2D eigenvalue weighted by atomic mass is 127. The number of aryl methyl sites for hydroxylation is 1. The molecule has 70 valence electrons. The summed E-state index contributed by atoms with van der Waals surface area (Å²) in [5.74, 6) is 1.79. The second-order valence-corrected chi connectivity index (χ2v) is 4.23. The van der Waals surface area contributed by atoms with Crippen LogP contribution in [0.2, 0.25) is 0 Å². The highest BCUT2D eigenvalue weighted by Crippen LogP contribution is 2.52. The third-order valence-electron chi connectivity index (χ3n) is 3.47. The van der Waals surface area contributed by atoms with Gasteiger partial charge in [0, 0.05) is 18.6 Å². The number of aromatic amines is 1. The van der Waals surface area contributed by atoms with Crippen LogP contribution in [0.3, 0.4) is 0 Å². The summed E-state index contributed by atoms with van der Waals surface area (Å²) < 4.78 is 0. The maximum atomic E-state index is 3.32. The monoisotopic (exact) mass is 287 g/mol. The molecule has 1 heterocycles. The van der Waals surface area contributed by atoms with Gasteiger partial charge in [0.25, 0.3) is 0 Å². The Morgan fingerprint density at radius 1 is 1.23 bits per heavy atom. The molecule has 3 rings (SSSR count). The van der Waals surface area contributed by atoms with Crippen molar-refractivity contribution >= 4 is 0 Å². The van der Waals surface area contributed by atoms with E-state index < -0.39 is 0 Å². The lowest BCUT2D eigenvalue weighted by molar-refractivity contribution is -0.388. The Bertz CT molecular complexity index is 335. The summed E-state index contributed by atoms with van der Waals surface area (Å²) in [6, 6.07) is 2.35. The van der Waals surface area contributed by atoms with Crippen molar-refractivity contribution in [2.24, 2.45) is 0 Å². The van der Waals surface area contributed by atoms with Crippen LogP contribution in [0.15, 0.2) is 12.3 Å². The van der Waals surface area contributed by atoms with Crippen LogP contribution >= 0.6 is 0 Å². The number of hydrogen-bond donors (Lipinski definition) is 0. The molecule has 2 bridgehead atoms. The van der Waals surface area contributed by atoms with E-state index in [1.807, 2.05) is 0 Å². The molecule has 1 saturated carbocycles. The Kier molecular flexibility index (Phi) is 2.34. The molecule has 2 aliphatic rings. The quantitative estimate of drug-likeness (QED) is 0.554. The summed E-state index contributed by atoms with van der Waals surface area (Å²) in [5, 5.41) is 0. The molecule has 1 aromatic heterocycles. The molecule has 0 aliphatic heterocycles. The standard InChI is InChI=1S/C11H13N.HI/c1-7-4-10-8-2-3-9(5-8)11(10)6-12-7;/h4,6,8-9H,2-3,5H2,1H3;1H. The molecule has 2 atom stereocenters. The van der Waals surface area contributed by atoms with Gasteiger partial charge in [0.05, 0.1) is 0 Å². The molecular weight excluding hydrogens is 273 g/mol. The molecule has 13 heavy (non-hydrogen) atoms. The van der Waals surface area contributed by atoms with E-state index in [1.54, 1.807) is 11.1 Å². The molecule has 1 fully saturated rings. The van der Waals surface area contributed by atoms with Crippen molar-refractivity contribution in [1.29, 1.82) is 0 Å². The summed E-state index contributed by atoms with van der Waals surface area (Å²) >= 11 is 0. The van der Waals surface area contributed by atoms with E-state index >= 15 is 0 Å². The maximum Gasteiger partial charge on any atom is 0.176 e. The molecule has 0 amide bonds. The van der Waals surface area contributed by atoms with Gasteiger partial charge < -0.3 is 24.0 Å². The van der Waals surface area contributed by atoms with Gasteiger partial charge in [-0.05, 0) is 36.7 Å². The molecule has 1 N–H and O–H groups in total. The van der Waals surface area contributed by atoms with Crippen molar-refractivity contribution < 1.29 is 29.0 Å². The highest BCUT2D eigenvalue weighted by Gasteiger charge is 2.38. The smallest absolute Gasteiger partial charge is 0.176 e. The van der Waals surface area contributed by atoms with Crippen molar-refractivity contribution in [3.05, 3.63) is 29.1 Å². The first kappa shape index (κ1) is 9.44. The molecule has 1 nitrogen and oxygen atoms in total. The molecule has 0 saturated heterocycles. The molecule has 1 aromatic rings. The van der Waals surface area contributed by atoms with Gasteiger partial charge in [0.2, 0.25) is 0 Å². The first-order valence-corrected chi connectivity index (χ1v) is 4.87. The van der Waals surface area contributed by atoms with E-state index in [-0.39, 0.29) is 24.0 Å². The fourth-order valence-corrected chi connectivity index (χ4v) is 2.89. The predicted molar refractivity (Wildman–Crippen MR) is 47.1 cm³/mol. The Morgan fingerprint density at radius 3 is 2.69 bits per heavy atom. The molecule has 0 spiro atoms. The summed E-state index contributed by atoms with van der Waals surface area (Å²) in [6.45, 7) is 2.15. The number of nitrogens with one attached hydrogen (secondary N) is 1. The molecule has 2 heteroatoms. The van der Waals surface area contributed by atoms with Crippen molar-refractivity contribution in [1.82, 2.24) is 0 Å². The summed E-state index contributed by atoms with van der Waals surface area (Å²) in [6.07, 6.45) is 6.51. The second kappa shape index (κ2) is 3.23. The number of rotatable bonds is 0. The molecule has 0 aromatic carbocycles. The number of pyridine rings is 1. The van der Waals surface area contributed by atoms with Gasteiger partial charge in [-0.2, -0.15) is 0 Å². The summed E-state index contributed by atoms with van der Waals surface area (Å²) in [4.78, 5) is 3.32. The zero-order chi connectivity index (χ0) is 8.13. The minimum Gasteiger partial charge on any atom is -1.00 e. The zero-order valence-corrected chi connectivity index (χ0v) is 9.97. The first-order chi connectivity index (χ1) is 5.84. The van der Waals surface area contributed by atoms with Crippen LogP contribution in [-0.2, 0) is 0 Å². The van der Waals surface area contributed by atoms with Crippen LogP contribution in [0.1, 0.15) is 47.9 Å². The molecule has 2 unspecified atom stereocenters. The Hall–Kier alpha value is -0.120. The van der Waals surface area contributed by atoms with E-state index in [0.717, 1.165) is 11.8 Å². The van der Waals surface area contributed by atoms with Crippen LogP contribution in [0.5, 0.6) is 0 Å². The lowest BCUT2D eigenvalue weighted by atomic mass is 9.93. The van der Waals surface area contributed by atoms with Crippen LogP contribution < -0.4 is 29.0 Å². The summed E-state index contributed by atoms with van der Waals surface area (Å²) in [7, 11) is 0. The average Bonchev–Trinajstić information content (AvgIpc) is 2.63. The number of halogens is 1. The van der Waals surface area contributed by atoms with Crippen molar-refractivity contribution in [2.75, 3.05) is 0 Å². The van der Waals surface area contributed by atoms with Crippen LogP contribution in [0.4, 0.5) is 0 Å². The van der Waals surface area contributed by atoms with Crippen molar-refractivity contribution in [3.63, 3.8) is 0 Å². The van der Waals surface area contributed by atoms with Gasteiger partial charge in [0.15, 0.2) is 11.9 Å². The van der Waals surface area contributed by atoms with Gasteiger partial charge in [-0.15, -0.1) is 0 Å². The number of aromatic nitrogens is 1. The fraction of sp³-hybridized carbons (Fsp3) is 0.545. The largest absolute Gasteiger partial charge is 1.00 e. The van der Waals surface area contributed by atoms with E-state index in [9.17, 15) is 0 Å². The Balaban J connectivity index is 0.000000653. The van der Waals surface area contributed by atoms with E-state index in [1.165, 1.54) is 25.0 Å². The van der Waals surface area contributed by atoms with Crippen LogP contribution in [0, 0.1) is 6.92 Å². The zero-order valence-electron chi connectivity index (χ0n) is 7.81. The predicted octanol–water partition coefficient (Wildman–Crippen LogP) is -0.822. The summed E-state index contributed by atoms with van der Waals surface area (Å²) in [5.41, 5.74) is 4.56. The van der Waals surface area contributed by atoms with Gasteiger partial charge in [-0.1, -0.05) is 0 Å². The van der Waals surface area contributed by atoms with Gasteiger partial charge in [-0.25, -0.2) is 4.98 Å². The number of H-pyrrole nitrogens is 1. The topological polar surface area (TPSA) is 14.1 Å². The minimum absolute atomic E-state index is 0. The van der Waals surface area contributed by atoms with Crippen LogP contribution in [0.25, 0.3) is 0 Å². The SMILES string of the molecule is Cc1cc2c(c[nH+]1)C1CCC2C1.[I-]. The minimum atomic E-state index is 0. The van der Waals surface area contributed by atoms with E-state index in [4.69, 9.17) is 0 Å². The van der Waals surface area contributed by atoms with E-state index in [0.29, 0.717) is 0 Å². The molecule has 2 aliphatic carbocycles. The van der Waals surface area contributed by atoms with Crippen molar-refractivity contribution in [3.8, 4) is 0 Å². The molecular formula is C11H14IN. The second-order valence-electron chi connectivity index (χ2n) is 4.23. The van der Waals surface area contributed by atoms with Crippen molar-refractivity contribution in [2.45, 2.75) is 38.0 Å². The normalized spacial score (nSPS) is 28.4. The van der Waals surface area contributed by atoms with Gasteiger partial charge in [0.1, 0.15) is 0 Å². The molecule has 0 radical (unpaired) electrons. The van der Waals surface area contributed by atoms with Gasteiger partial charge >= 0.3 is 0 Å². The lowest BCUT2D eigenvalue weighted by Gasteiger charge is -2.11. The number of hydrogen-bond acceptors (Lipinski definition) is 0. The van der Waals surface area contributed by atoms with E-state index in [2.05, 4.69) is 24.2 Å². The average molecular weight is 287 g/mol. The fourth-order valence-electron chi connectivity index (χ4n) is 2.89. The Labute approximate surface area is 96.0 Å². The third-order valence-corrected chi connectivity index (χ3v) is 3.47. The van der Waals surface area contributed by atoms with Gasteiger partial charge in [-0.3, -0.25) is 0 Å². The lowest BCUT2D eigenvalue weighted by Crippen LogP contribution is -3.00. The maximum absolute atomic E-state index is 3.32. The highest BCUT2D eigenvalue weighted by molar-refractivity contribution is 5.38. The Morgan fingerprint density at radius 2 is 1.92 bits per heavy atom. The third kappa shape index (κ3) is 1.30. The number of fused-ring (bicyclic) bond motifs is 5. The first-order valence-electron chi connectivity index (χ1n) is 4.87.